The molecule has 2 amide bonds. The van der Waals surface area contributed by atoms with Crippen LogP contribution in [0.4, 0.5) is 5.69 Å². The molecule has 1 aliphatic heterocycles. The molecule has 8 heteroatoms. The molecule has 1 aromatic heterocycles. The lowest BCUT2D eigenvalue weighted by Gasteiger charge is -2.31. The van der Waals surface area contributed by atoms with Gasteiger partial charge in [0.25, 0.3) is 0 Å². The Labute approximate surface area is 173 Å². The molecule has 2 N–H and O–H groups in total. The summed E-state index contributed by atoms with van der Waals surface area (Å²) >= 11 is 7.76. The lowest BCUT2D eigenvalue weighted by molar-refractivity contribution is -0.136. The number of nitrogens with one attached hydrogen (secondary N) is 2. The number of nitrogens with zero attached hydrogens (tertiary/aromatic N) is 1. The van der Waals surface area contributed by atoms with Gasteiger partial charge in [-0.25, -0.2) is 0 Å². The minimum absolute atomic E-state index is 0.366. The molecule has 0 radical (unpaired) electrons. The Morgan fingerprint density at radius 1 is 1.25 bits per heavy atom. The number of amides is 2. The summed E-state index contributed by atoms with van der Waals surface area (Å²) in [6.07, 6.45) is 2.26. The van der Waals surface area contributed by atoms with Gasteiger partial charge < -0.3 is 20.3 Å². The van der Waals surface area contributed by atoms with E-state index >= 15 is 0 Å². The van der Waals surface area contributed by atoms with Gasteiger partial charge in [0.2, 0.25) is 0 Å². The Hall–Kier alpha value is -2.09. The molecule has 28 heavy (non-hydrogen) atoms. The van der Waals surface area contributed by atoms with E-state index in [2.05, 4.69) is 33.0 Å². The van der Waals surface area contributed by atoms with Crippen LogP contribution in [0.1, 0.15) is 23.6 Å². The van der Waals surface area contributed by atoms with Crippen molar-refractivity contribution < 1.29 is 14.3 Å². The van der Waals surface area contributed by atoms with Crippen molar-refractivity contribution in [2.24, 2.45) is 0 Å². The fraction of sp³-hybridized carbons (Fsp3) is 0.400. The highest BCUT2D eigenvalue weighted by Gasteiger charge is 2.21. The van der Waals surface area contributed by atoms with Crippen LogP contribution in [0.3, 0.4) is 0 Å². The Kier molecular flexibility index (Phi) is 7.30. The van der Waals surface area contributed by atoms with Gasteiger partial charge in [-0.15, -0.1) is 11.3 Å². The molecule has 150 valence electrons. The van der Waals surface area contributed by atoms with Crippen molar-refractivity contribution in [1.29, 1.82) is 0 Å². The van der Waals surface area contributed by atoms with E-state index in [9.17, 15) is 9.59 Å². The van der Waals surface area contributed by atoms with Crippen LogP contribution < -0.4 is 15.4 Å². The first-order valence-corrected chi connectivity index (χ1v) is 10.5. The number of methoxy groups -OCH3 is 1. The van der Waals surface area contributed by atoms with Gasteiger partial charge >= 0.3 is 11.8 Å². The summed E-state index contributed by atoms with van der Waals surface area (Å²) in [5, 5.41) is 7.79. The summed E-state index contributed by atoms with van der Waals surface area (Å²) in [5.74, 6) is -0.323. The summed E-state index contributed by atoms with van der Waals surface area (Å²) in [6.45, 7) is 3.17. The van der Waals surface area contributed by atoms with Crippen LogP contribution in [0.2, 0.25) is 5.02 Å². The molecule has 1 saturated heterocycles. The number of anilines is 1. The van der Waals surface area contributed by atoms with Gasteiger partial charge in [0, 0.05) is 23.0 Å². The molecule has 0 bridgehead atoms. The van der Waals surface area contributed by atoms with E-state index in [4.69, 9.17) is 16.3 Å². The number of carbonyl (C=O) groups is 2. The Morgan fingerprint density at radius 2 is 2.04 bits per heavy atom. The third-order valence-corrected chi connectivity index (χ3v) is 6.13. The normalized spacial score (nSPS) is 15.2. The van der Waals surface area contributed by atoms with Crippen LogP contribution in [0.5, 0.6) is 5.75 Å². The number of benzene rings is 1. The maximum absolute atomic E-state index is 12.1. The largest absolute Gasteiger partial charge is 0.495 e. The van der Waals surface area contributed by atoms with Crippen molar-refractivity contribution in [2.45, 2.75) is 18.8 Å². The zero-order valence-corrected chi connectivity index (χ0v) is 17.3. The third-order valence-electron chi connectivity index (χ3n) is 4.86. The van der Waals surface area contributed by atoms with Crippen molar-refractivity contribution >= 4 is 40.4 Å². The number of carbonyl (C=O) groups excluding carboxylic acids is 2. The third kappa shape index (κ3) is 5.47. The van der Waals surface area contributed by atoms with Crippen LogP contribution in [0.15, 0.2) is 35.7 Å². The molecule has 0 saturated carbocycles. The van der Waals surface area contributed by atoms with Crippen LogP contribution in [-0.2, 0) is 9.59 Å². The molecule has 0 aliphatic carbocycles. The second-order valence-corrected chi connectivity index (χ2v) is 8.10. The molecule has 6 nitrogen and oxygen atoms in total. The average Bonchev–Trinajstić information content (AvgIpc) is 3.23. The summed E-state index contributed by atoms with van der Waals surface area (Å²) in [6, 6.07) is 9.14. The zero-order chi connectivity index (χ0) is 19.9. The summed E-state index contributed by atoms with van der Waals surface area (Å²) in [5.41, 5.74) is 0.366. The SMILES string of the molecule is COc1ccc(Cl)cc1NC(=O)C(=O)NCCN1CCC(c2cccs2)CC1. The molecular formula is C20H24ClN3O3S. The lowest BCUT2D eigenvalue weighted by Crippen LogP contribution is -2.42. The summed E-state index contributed by atoms with van der Waals surface area (Å²) in [7, 11) is 1.49. The summed E-state index contributed by atoms with van der Waals surface area (Å²) in [4.78, 5) is 28.0. The Morgan fingerprint density at radius 3 is 2.71 bits per heavy atom. The number of hydrogen-bond donors (Lipinski definition) is 2. The monoisotopic (exact) mass is 421 g/mol. The van der Waals surface area contributed by atoms with Gasteiger partial charge in [-0.3, -0.25) is 9.59 Å². The highest BCUT2D eigenvalue weighted by atomic mass is 35.5. The standard InChI is InChI=1S/C20H24ClN3O3S/c1-27-17-5-4-15(21)13-16(17)23-20(26)19(25)22-8-11-24-9-6-14(7-10-24)18-3-2-12-28-18/h2-5,12-14H,6-11H2,1H3,(H,22,25)(H,23,26). The average molecular weight is 422 g/mol. The predicted molar refractivity (Wildman–Crippen MR) is 112 cm³/mol. The van der Waals surface area contributed by atoms with E-state index in [-0.39, 0.29) is 0 Å². The smallest absolute Gasteiger partial charge is 0.313 e. The van der Waals surface area contributed by atoms with Gasteiger partial charge in [0.1, 0.15) is 5.75 Å². The molecule has 2 aromatic rings. The molecule has 2 heterocycles. The number of ether oxygens (including phenoxy) is 1. The molecule has 1 fully saturated rings. The van der Waals surface area contributed by atoms with Crippen molar-refractivity contribution in [3.05, 3.63) is 45.6 Å². The lowest BCUT2D eigenvalue weighted by atomic mass is 9.95. The highest BCUT2D eigenvalue weighted by molar-refractivity contribution is 7.10. The van der Waals surface area contributed by atoms with Crippen LogP contribution in [-0.4, -0.2) is 50.0 Å². The van der Waals surface area contributed by atoms with Crippen LogP contribution in [0, 0.1) is 0 Å². The van der Waals surface area contributed by atoms with Gasteiger partial charge in [-0.2, -0.15) is 0 Å². The number of thiophene rings is 1. The van der Waals surface area contributed by atoms with Crippen molar-refractivity contribution in [1.82, 2.24) is 10.2 Å². The van der Waals surface area contributed by atoms with Gasteiger partial charge in [0.15, 0.2) is 0 Å². The second-order valence-electron chi connectivity index (χ2n) is 6.69. The molecule has 0 atom stereocenters. The minimum atomic E-state index is -0.739. The predicted octanol–water partition coefficient (Wildman–Crippen LogP) is 3.34. The second kappa shape index (κ2) is 9.91. The maximum Gasteiger partial charge on any atom is 0.313 e. The Balaban J connectivity index is 1.40. The minimum Gasteiger partial charge on any atom is -0.495 e. The number of halogens is 1. The molecule has 0 spiro atoms. The maximum atomic E-state index is 12.1. The Bertz CT molecular complexity index is 805. The number of hydrogen-bond acceptors (Lipinski definition) is 5. The summed E-state index contributed by atoms with van der Waals surface area (Å²) < 4.78 is 5.17. The van der Waals surface area contributed by atoms with E-state index in [1.165, 1.54) is 12.0 Å². The molecule has 0 unspecified atom stereocenters. The van der Waals surface area contributed by atoms with Gasteiger partial charge in [-0.1, -0.05) is 17.7 Å². The molecular weight excluding hydrogens is 398 g/mol. The van der Waals surface area contributed by atoms with Crippen LogP contribution in [0.25, 0.3) is 0 Å². The first kappa shape index (κ1) is 20.6. The van der Waals surface area contributed by atoms with E-state index in [0.717, 1.165) is 32.5 Å². The quantitative estimate of drug-likeness (QED) is 0.702. The fourth-order valence-electron chi connectivity index (χ4n) is 3.33. The number of likely N-dealkylation sites (tertiary alicyclic amines) is 1. The van der Waals surface area contributed by atoms with Crippen molar-refractivity contribution in [3.8, 4) is 5.75 Å². The van der Waals surface area contributed by atoms with E-state index in [1.807, 2.05) is 11.3 Å². The van der Waals surface area contributed by atoms with E-state index in [1.54, 1.807) is 18.2 Å². The molecule has 3 rings (SSSR count). The molecule has 1 aromatic carbocycles. The van der Waals surface area contributed by atoms with Crippen molar-refractivity contribution in [3.63, 3.8) is 0 Å². The first-order chi connectivity index (χ1) is 13.6. The van der Waals surface area contributed by atoms with Crippen molar-refractivity contribution in [2.75, 3.05) is 38.6 Å². The van der Waals surface area contributed by atoms with Crippen LogP contribution >= 0.6 is 22.9 Å². The van der Waals surface area contributed by atoms with E-state index < -0.39 is 11.8 Å². The van der Waals surface area contributed by atoms with E-state index in [0.29, 0.717) is 28.9 Å². The number of rotatable bonds is 6. The highest BCUT2D eigenvalue weighted by Crippen LogP contribution is 2.30. The zero-order valence-electron chi connectivity index (χ0n) is 15.7. The van der Waals surface area contributed by atoms with Gasteiger partial charge in [-0.05, 0) is 61.5 Å². The topological polar surface area (TPSA) is 70.7 Å². The molecule has 1 aliphatic rings. The fourth-order valence-corrected chi connectivity index (χ4v) is 4.40. The number of piperidine rings is 1. The van der Waals surface area contributed by atoms with Gasteiger partial charge in [0.05, 0.1) is 12.8 Å². The first-order valence-electron chi connectivity index (χ1n) is 9.25.